The summed E-state index contributed by atoms with van der Waals surface area (Å²) in [5, 5.41) is 8.30. The molecule has 1 nitrogen and oxygen atoms in total. The first-order valence-corrected chi connectivity index (χ1v) is 5.88. The van der Waals surface area contributed by atoms with Crippen molar-refractivity contribution in [3.8, 4) is 6.07 Å². The first-order chi connectivity index (χ1) is 6.41. The Kier molecular flexibility index (Phi) is 11.6. The molecule has 0 rings (SSSR count). The van der Waals surface area contributed by atoms with Crippen LogP contribution in [-0.2, 0) is 0 Å². The van der Waals surface area contributed by atoms with Gasteiger partial charge in [0.25, 0.3) is 0 Å². The van der Waals surface area contributed by atoms with Crippen LogP contribution in [0.3, 0.4) is 0 Å². The van der Waals surface area contributed by atoms with E-state index in [4.69, 9.17) is 16.9 Å². The van der Waals surface area contributed by atoms with Gasteiger partial charge in [-0.1, -0.05) is 38.5 Å². The standard InChI is InChI=1S/C11H20ClN/c12-10-8-6-4-2-1-3-5-7-9-11-13/h1-10H2. The lowest BCUT2D eigenvalue weighted by molar-refractivity contribution is 0.579. The van der Waals surface area contributed by atoms with Crippen LogP contribution in [0.15, 0.2) is 0 Å². The number of halogens is 1. The molecular formula is C11H20ClN. The number of rotatable bonds is 9. The molecule has 0 saturated carbocycles. The topological polar surface area (TPSA) is 23.8 Å². The largest absolute Gasteiger partial charge is 0.198 e. The molecule has 0 amide bonds. The van der Waals surface area contributed by atoms with Crippen LogP contribution in [0, 0.1) is 11.3 Å². The zero-order chi connectivity index (χ0) is 9.78. The minimum atomic E-state index is 0.728. The summed E-state index contributed by atoms with van der Waals surface area (Å²) >= 11 is 5.57. The molecule has 0 aliphatic rings. The molecule has 0 saturated heterocycles. The van der Waals surface area contributed by atoms with Gasteiger partial charge in [0, 0.05) is 12.3 Å². The Morgan fingerprint density at radius 2 is 1.23 bits per heavy atom. The highest BCUT2D eigenvalue weighted by atomic mass is 35.5. The molecule has 0 radical (unpaired) electrons. The van der Waals surface area contributed by atoms with E-state index in [9.17, 15) is 0 Å². The average Bonchev–Trinajstić information content (AvgIpc) is 2.16. The third kappa shape index (κ3) is 11.8. The first-order valence-electron chi connectivity index (χ1n) is 5.34. The molecule has 0 bridgehead atoms. The first kappa shape index (κ1) is 12.8. The number of alkyl halides is 1. The number of nitriles is 1. The van der Waals surface area contributed by atoms with Gasteiger partial charge in [-0.25, -0.2) is 0 Å². The number of nitrogens with zero attached hydrogens (tertiary/aromatic N) is 1. The Balaban J connectivity index is 2.80. The fraction of sp³-hybridized carbons (Fsp3) is 0.909. The summed E-state index contributed by atoms with van der Waals surface area (Å²) in [4.78, 5) is 0. The Morgan fingerprint density at radius 3 is 1.69 bits per heavy atom. The molecule has 0 aliphatic carbocycles. The molecule has 0 spiro atoms. The van der Waals surface area contributed by atoms with Crippen LogP contribution in [0.4, 0.5) is 0 Å². The van der Waals surface area contributed by atoms with Crippen molar-refractivity contribution >= 4 is 11.6 Å². The van der Waals surface area contributed by atoms with E-state index in [1.807, 2.05) is 0 Å². The van der Waals surface area contributed by atoms with E-state index in [1.54, 1.807) is 0 Å². The normalized spacial score (nSPS) is 9.85. The van der Waals surface area contributed by atoms with Crippen LogP contribution in [0.1, 0.15) is 57.8 Å². The van der Waals surface area contributed by atoms with Crippen LogP contribution >= 0.6 is 11.6 Å². The molecule has 13 heavy (non-hydrogen) atoms. The van der Waals surface area contributed by atoms with Gasteiger partial charge in [0.2, 0.25) is 0 Å². The van der Waals surface area contributed by atoms with Crippen molar-refractivity contribution in [2.45, 2.75) is 57.8 Å². The third-order valence-electron chi connectivity index (χ3n) is 2.17. The molecule has 2 heteroatoms. The summed E-state index contributed by atoms with van der Waals surface area (Å²) in [6.07, 6.45) is 10.8. The second-order valence-electron chi connectivity index (χ2n) is 3.43. The lowest BCUT2D eigenvalue weighted by Crippen LogP contribution is -1.81. The van der Waals surface area contributed by atoms with E-state index in [-0.39, 0.29) is 0 Å². The smallest absolute Gasteiger partial charge is 0.0621 e. The maximum absolute atomic E-state index is 8.30. The Labute approximate surface area is 87.1 Å². The Bertz CT molecular complexity index is 129. The summed E-state index contributed by atoms with van der Waals surface area (Å²) < 4.78 is 0. The maximum atomic E-state index is 8.30. The summed E-state index contributed by atoms with van der Waals surface area (Å²) in [5.74, 6) is 0.808. The van der Waals surface area contributed by atoms with Crippen molar-refractivity contribution in [3.63, 3.8) is 0 Å². The molecule has 0 unspecified atom stereocenters. The minimum absolute atomic E-state index is 0.728. The lowest BCUT2D eigenvalue weighted by atomic mass is 10.1. The highest BCUT2D eigenvalue weighted by Crippen LogP contribution is 2.09. The van der Waals surface area contributed by atoms with Crippen molar-refractivity contribution in [1.29, 1.82) is 5.26 Å². The predicted molar refractivity (Wildman–Crippen MR) is 57.9 cm³/mol. The number of hydrogen-bond donors (Lipinski definition) is 0. The van der Waals surface area contributed by atoms with Gasteiger partial charge < -0.3 is 0 Å². The monoisotopic (exact) mass is 201 g/mol. The molecule has 0 N–H and O–H groups in total. The van der Waals surface area contributed by atoms with Crippen LogP contribution in [0.25, 0.3) is 0 Å². The summed E-state index contributed by atoms with van der Waals surface area (Å²) in [7, 11) is 0. The fourth-order valence-corrected chi connectivity index (χ4v) is 1.55. The van der Waals surface area contributed by atoms with Gasteiger partial charge in [-0.05, 0) is 12.8 Å². The number of hydrogen-bond acceptors (Lipinski definition) is 1. The van der Waals surface area contributed by atoms with Gasteiger partial charge in [-0.3, -0.25) is 0 Å². The van der Waals surface area contributed by atoms with Crippen molar-refractivity contribution in [2.75, 3.05) is 5.88 Å². The van der Waals surface area contributed by atoms with Gasteiger partial charge in [0.15, 0.2) is 0 Å². The van der Waals surface area contributed by atoms with Crippen LogP contribution in [-0.4, -0.2) is 5.88 Å². The molecule has 0 atom stereocenters. The third-order valence-corrected chi connectivity index (χ3v) is 2.44. The van der Waals surface area contributed by atoms with Gasteiger partial charge in [0.05, 0.1) is 6.07 Å². The van der Waals surface area contributed by atoms with Crippen molar-refractivity contribution in [3.05, 3.63) is 0 Å². The molecular weight excluding hydrogens is 182 g/mol. The fourth-order valence-electron chi connectivity index (χ4n) is 1.36. The highest BCUT2D eigenvalue weighted by Gasteiger charge is 1.91. The molecule has 0 aromatic carbocycles. The van der Waals surface area contributed by atoms with Crippen molar-refractivity contribution in [1.82, 2.24) is 0 Å². The summed E-state index contributed by atoms with van der Waals surface area (Å²) in [5.41, 5.74) is 0. The van der Waals surface area contributed by atoms with Gasteiger partial charge in [-0.2, -0.15) is 5.26 Å². The molecule has 76 valence electrons. The molecule has 0 aromatic rings. The predicted octanol–water partition coefficient (Wildman–Crippen LogP) is 4.26. The van der Waals surface area contributed by atoms with Gasteiger partial charge in [-0.15, -0.1) is 11.6 Å². The second-order valence-corrected chi connectivity index (χ2v) is 3.80. The molecule has 0 fully saturated rings. The van der Waals surface area contributed by atoms with E-state index in [1.165, 1.54) is 38.5 Å². The SMILES string of the molecule is N#CCCCCCCCCCCCl. The summed E-state index contributed by atoms with van der Waals surface area (Å²) in [6.45, 7) is 0. The highest BCUT2D eigenvalue weighted by molar-refractivity contribution is 6.17. The molecule has 0 aromatic heterocycles. The Hall–Kier alpha value is -0.220. The van der Waals surface area contributed by atoms with E-state index in [0.717, 1.165) is 25.1 Å². The molecule has 0 heterocycles. The Morgan fingerprint density at radius 1 is 0.769 bits per heavy atom. The van der Waals surface area contributed by atoms with Gasteiger partial charge in [0.1, 0.15) is 0 Å². The van der Waals surface area contributed by atoms with Crippen LogP contribution < -0.4 is 0 Å². The van der Waals surface area contributed by atoms with Crippen molar-refractivity contribution in [2.24, 2.45) is 0 Å². The number of unbranched alkanes of at least 4 members (excludes halogenated alkanes) is 8. The van der Waals surface area contributed by atoms with Crippen LogP contribution in [0.2, 0.25) is 0 Å². The van der Waals surface area contributed by atoms with Crippen molar-refractivity contribution < 1.29 is 0 Å². The summed E-state index contributed by atoms with van der Waals surface area (Å²) in [6, 6.07) is 2.17. The average molecular weight is 202 g/mol. The lowest BCUT2D eigenvalue weighted by Gasteiger charge is -1.99. The zero-order valence-electron chi connectivity index (χ0n) is 8.40. The zero-order valence-corrected chi connectivity index (χ0v) is 9.15. The second kappa shape index (κ2) is 11.8. The van der Waals surface area contributed by atoms with E-state index in [2.05, 4.69) is 6.07 Å². The van der Waals surface area contributed by atoms with Gasteiger partial charge >= 0.3 is 0 Å². The van der Waals surface area contributed by atoms with E-state index < -0.39 is 0 Å². The quantitative estimate of drug-likeness (QED) is 0.404. The minimum Gasteiger partial charge on any atom is -0.198 e. The van der Waals surface area contributed by atoms with E-state index >= 15 is 0 Å². The maximum Gasteiger partial charge on any atom is 0.0621 e. The van der Waals surface area contributed by atoms with Crippen LogP contribution in [0.5, 0.6) is 0 Å². The molecule has 0 aliphatic heterocycles. The van der Waals surface area contributed by atoms with E-state index in [0.29, 0.717) is 0 Å².